The van der Waals surface area contributed by atoms with Gasteiger partial charge in [0.05, 0.1) is 5.92 Å². The Morgan fingerprint density at radius 3 is 2.68 bits per heavy atom. The molecule has 1 aliphatic heterocycles. The number of halogens is 2. The first kappa shape index (κ1) is 16.3. The van der Waals surface area contributed by atoms with Crippen LogP contribution in [0.15, 0.2) is 24.3 Å². The number of hydrogen-bond acceptors (Lipinski definition) is 2. The molecule has 1 aromatic carbocycles. The molecular weight excluding hydrogens is 283 g/mol. The van der Waals surface area contributed by atoms with Gasteiger partial charge in [0.25, 0.3) is 0 Å². The SMILES string of the molecule is CN(Cc1ccc(Cl)cc1)C(=O)[C@@H]1CCCNC1.Cl. The molecule has 5 heteroatoms. The van der Waals surface area contributed by atoms with Gasteiger partial charge in [-0.1, -0.05) is 23.7 Å². The molecule has 1 heterocycles. The first-order chi connectivity index (χ1) is 8.66. The number of benzene rings is 1. The van der Waals surface area contributed by atoms with E-state index < -0.39 is 0 Å². The van der Waals surface area contributed by atoms with Crippen LogP contribution >= 0.6 is 24.0 Å². The van der Waals surface area contributed by atoms with Gasteiger partial charge in [0.2, 0.25) is 5.91 Å². The molecule has 0 spiro atoms. The van der Waals surface area contributed by atoms with Crippen LogP contribution in [0.4, 0.5) is 0 Å². The van der Waals surface area contributed by atoms with E-state index in [-0.39, 0.29) is 24.2 Å². The predicted octanol–water partition coefficient (Wildman–Crippen LogP) is 2.72. The fourth-order valence-corrected chi connectivity index (χ4v) is 2.44. The molecule has 0 aromatic heterocycles. The van der Waals surface area contributed by atoms with Crippen LogP contribution in [-0.4, -0.2) is 30.9 Å². The maximum atomic E-state index is 12.2. The first-order valence-electron chi connectivity index (χ1n) is 6.37. The molecule has 1 saturated heterocycles. The zero-order valence-electron chi connectivity index (χ0n) is 11.1. The van der Waals surface area contributed by atoms with Crippen molar-refractivity contribution in [3.05, 3.63) is 34.9 Å². The summed E-state index contributed by atoms with van der Waals surface area (Å²) < 4.78 is 0. The van der Waals surface area contributed by atoms with E-state index in [1.165, 1.54) is 0 Å². The number of hydrogen-bond donors (Lipinski definition) is 1. The fourth-order valence-electron chi connectivity index (χ4n) is 2.32. The highest BCUT2D eigenvalue weighted by Gasteiger charge is 2.23. The Morgan fingerprint density at radius 2 is 2.11 bits per heavy atom. The third-order valence-electron chi connectivity index (χ3n) is 3.36. The third-order valence-corrected chi connectivity index (χ3v) is 3.61. The summed E-state index contributed by atoms with van der Waals surface area (Å²) in [6, 6.07) is 7.64. The molecular formula is C14H20Cl2N2O. The van der Waals surface area contributed by atoms with E-state index in [1.807, 2.05) is 31.3 Å². The third kappa shape index (κ3) is 4.68. The van der Waals surface area contributed by atoms with E-state index in [4.69, 9.17) is 11.6 Å². The summed E-state index contributed by atoms with van der Waals surface area (Å²) in [5.74, 6) is 0.369. The van der Waals surface area contributed by atoms with Gasteiger partial charge in [0.15, 0.2) is 0 Å². The van der Waals surface area contributed by atoms with Gasteiger partial charge >= 0.3 is 0 Å². The highest BCUT2D eigenvalue weighted by Crippen LogP contribution is 2.15. The monoisotopic (exact) mass is 302 g/mol. The number of nitrogens with zero attached hydrogens (tertiary/aromatic N) is 1. The Labute approximate surface area is 125 Å². The summed E-state index contributed by atoms with van der Waals surface area (Å²) in [5, 5.41) is 4.00. The molecule has 1 atom stereocenters. The Balaban J connectivity index is 0.00000180. The number of carbonyl (C=O) groups is 1. The molecule has 0 unspecified atom stereocenters. The number of rotatable bonds is 3. The van der Waals surface area contributed by atoms with E-state index in [1.54, 1.807) is 4.90 Å². The van der Waals surface area contributed by atoms with Crippen molar-refractivity contribution in [1.29, 1.82) is 0 Å². The lowest BCUT2D eigenvalue weighted by atomic mass is 9.98. The summed E-state index contributed by atoms with van der Waals surface area (Å²) >= 11 is 5.84. The van der Waals surface area contributed by atoms with Crippen molar-refractivity contribution in [3.63, 3.8) is 0 Å². The number of nitrogens with one attached hydrogen (secondary N) is 1. The second-order valence-corrected chi connectivity index (χ2v) is 5.30. The normalized spacial score (nSPS) is 18.5. The summed E-state index contributed by atoms with van der Waals surface area (Å²) in [6.07, 6.45) is 2.09. The number of piperidine rings is 1. The second-order valence-electron chi connectivity index (χ2n) is 4.86. The maximum Gasteiger partial charge on any atom is 0.227 e. The molecule has 0 aliphatic carbocycles. The van der Waals surface area contributed by atoms with Crippen molar-refractivity contribution in [2.45, 2.75) is 19.4 Å². The van der Waals surface area contributed by atoms with Gasteiger partial charge in [-0.15, -0.1) is 12.4 Å². The number of amides is 1. The van der Waals surface area contributed by atoms with E-state index in [0.717, 1.165) is 36.5 Å². The van der Waals surface area contributed by atoms with Crippen molar-refractivity contribution >= 4 is 29.9 Å². The summed E-state index contributed by atoms with van der Waals surface area (Å²) in [4.78, 5) is 14.0. The smallest absolute Gasteiger partial charge is 0.227 e. The summed E-state index contributed by atoms with van der Waals surface area (Å²) in [6.45, 7) is 2.49. The van der Waals surface area contributed by atoms with E-state index in [9.17, 15) is 4.79 Å². The molecule has 19 heavy (non-hydrogen) atoms. The second kappa shape index (κ2) is 7.73. The fraction of sp³-hybridized carbons (Fsp3) is 0.500. The molecule has 1 aliphatic rings. The molecule has 1 fully saturated rings. The van der Waals surface area contributed by atoms with Crippen molar-refractivity contribution < 1.29 is 4.79 Å². The average Bonchev–Trinajstić information content (AvgIpc) is 2.41. The molecule has 1 N–H and O–H groups in total. The Bertz CT molecular complexity index is 402. The highest BCUT2D eigenvalue weighted by molar-refractivity contribution is 6.30. The molecule has 1 amide bonds. The van der Waals surface area contributed by atoms with Gasteiger partial charge in [-0.2, -0.15) is 0 Å². The van der Waals surface area contributed by atoms with Gasteiger partial charge in [0.1, 0.15) is 0 Å². The van der Waals surface area contributed by atoms with Gasteiger partial charge in [-0.25, -0.2) is 0 Å². The van der Waals surface area contributed by atoms with Crippen molar-refractivity contribution in [1.82, 2.24) is 10.2 Å². The molecule has 0 saturated carbocycles. The van der Waals surface area contributed by atoms with Crippen LogP contribution in [0.25, 0.3) is 0 Å². The van der Waals surface area contributed by atoms with E-state index >= 15 is 0 Å². The van der Waals surface area contributed by atoms with Crippen LogP contribution < -0.4 is 5.32 Å². The highest BCUT2D eigenvalue weighted by atomic mass is 35.5. The van der Waals surface area contributed by atoms with Crippen LogP contribution in [0, 0.1) is 5.92 Å². The molecule has 3 nitrogen and oxygen atoms in total. The zero-order chi connectivity index (χ0) is 13.0. The molecule has 0 radical (unpaired) electrons. The molecule has 106 valence electrons. The van der Waals surface area contributed by atoms with Crippen LogP contribution in [0.2, 0.25) is 5.02 Å². The Hall–Kier alpha value is -0.770. The van der Waals surface area contributed by atoms with Gasteiger partial charge in [0, 0.05) is 25.2 Å². The van der Waals surface area contributed by atoms with Gasteiger partial charge in [-0.05, 0) is 37.1 Å². The van der Waals surface area contributed by atoms with Crippen LogP contribution in [0.1, 0.15) is 18.4 Å². The van der Waals surface area contributed by atoms with Crippen molar-refractivity contribution in [2.75, 3.05) is 20.1 Å². The summed E-state index contributed by atoms with van der Waals surface area (Å²) in [5.41, 5.74) is 1.11. The van der Waals surface area contributed by atoms with E-state index in [0.29, 0.717) is 6.54 Å². The van der Waals surface area contributed by atoms with Crippen LogP contribution in [0.5, 0.6) is 0 Å². The van der Waals surface area contributed by atoms with E-state index in [2.05, 4.69) is 5.32 Å². The number of carbonyl (C=O) groups excluding carboxylic acids is 1. The molecule has 1 aromatic rings. The lowest BCUT2D eigenvalue weighted by molar-refractivity contribution is -0.135. The van der Waals surface area contributed by atoms with Crippen molar-refractivity contribution in [2.24, 2.45) is 5.92 Å². The van der Waals surface area contributed by atoms with Crippen LogP contribution in [0.3, 0.4) is 0 Å². The minimum Gasteiger partial charge on any atom is -0.341 e. The van der Waals surface area contributed by atoms with Gasteiger partial charge < -0.3 is 10.2 Å². The largest absolute Gasteiger partial charge is 0.341 e. The Kier molecular flexibility index (Phi) is 6.63. The maximum absolute atomic E-state index is 12.2. The topological polar surface area (TPSA) is 32.3 Å². The Morgan fingerprint density at radius 1 is 1.42 bits per heavy atom. The first-order valence-corrected chi connectivity index (χ1v) is 6.75. The minimum atomic E-state index is 0. The minimum absolute atomic E-state index is 0. The van der Waals surface area contributed by atoms with Crippen molar-refractivity contribution in [3.8, 4) is 0 Å². The predicted molar refractivity (Wildman–Crippen MR) is 80.8 cm³/mol. The quantitative estimate of drug-likeness (QED) is 0.931. The lowest BCUT2D eigenvalue weighted by Crippen LogP contribution is -2.41. The standard InChI is InChI=1S/C14H19ClN2O.ClH/c1-17(10-11-4-6-13(15)7-5-11)14(18)12-3-2-8-16-9-12;/h4-7,12,16H,2-3,8-10H2,1H3;1H/t12-;/m1./s1. The van der Waals surface area contributed by atoms with Crippen LogP contribution in [-0.2, 0) is 11.3 Å². The zero-order valence-corrected chi connectivity index (χ0v) is 12.6. The molecule has 0 bridgehead atoms. The van der Waals surface area contributed by atoms with Gasteiger partial charge in [-0.3, -0.25) is 4.79 Å². The summed E-state index contributed by atoms with van der Waals surface area (Å²) in [7, 11) is 1.87. The lowest BCUT2D eigenvalue weighted by Gasteiger charge is -2.27. The average molecular weight is 303 g/mol. The molecule has 2 rings (SSSR count).